The Bertz CT molecular complexity index is 319. The molecule has 1 aromatic heterocycles. The molecular formula is C11H17NO2S. The van der Waals surface area contributed by atoms with Crippen molar-refractivity contribution in [3.8, 4) is 0 Å². The van der Waals surface area contributed by atoms with Gasteiger partial charge in [0.05, 0.1) is 11.6 Å². The Labute approximate surface area is 94.7 Å². The van der Waals surface area contributed by atoms with E-state index < -0.39 is 5.54 Å². The first-order chi connectivity index (χ1) is 7.00. The molecule has 0 aliphatic heterocycles. The van der Waals surface area contributed by atoms with Crippen molar-refractivity contribution >= 4 is 22.3 Å². The van der Waals surface area contributed by atoms with Crippen molar-refractivity contribution in [3.05, 3.63) is 17.5 Å². The molecule has 0 fully saturated rings. The summed E-state index contributed by atoms with van der Waals surface area (Å²) in [7, 11) is 1.91. The second-order valence-corrected chi connectivity index (χ2v) is 4.72. The Hall–Kier alpha value is -1.03. The number of carbonyl (C=O) groups is 1. The van der Waals surface area contributed by atoms with Gasteiger partial charge in [0, 0.05) is 7.05 Å². The van der Waals surface area contributed by atoms with Crippen molar-refractivity contribution in [1.82, 2.24) is 0 Å². The predicted molar refractivity (Wildman–Crippen MR) is 63.4 cm³/mol. The highest BCUT2D eigenvalue weighted by atomic mass is 32.1. The van der Waals surface area contributed by atoms with Gasteiger partial charge in [-0.15, -0.1) is 11.3 Å². The van der Waals surface area contributed by atoms with E-state index >= 15 is 0 Å². The molecule has 1 heterocycles. The molecule has 15 heavy (non-hydrogen) atoms. The van der Waals surface area contributed by atoms with Crippen LogP contribution < -0.4 is 4.90 Å². The Morgan fingerprint density at radius 3 is 2.73 bits per heavy atom. The number of hydrogen-bond donors (Lipinski definition) is 0. The quantitative estimate of drug-likeness (QED) is 0.740. The summed E-state index contributed by atoms with van der Waals surface area (Å²) in [5.74, 6) is -0.194. The van der Waals surface area contributed by atoms with Crippen molar-refractivity contribution in [2.24, 2.45) is 0 Å². The number of ether oxygens (including phenoxy) is 1. The van der Waals surface area contributed by atoms with E-state index in [2.05, 4.69) is 0 Å². The summed E-state index contributed by atoms with van der Waals surface area (Å²) in [6, 6.07) is 3.96. The molecule has 1 aromatic rings. The first-order valence-electron chi connectivity index (χ1n) is 4.94. The lowest BCUT2D eigenvalue weighted by Crippen LogP contribution is -2.48. The highest BCUT2D eigenvalue weighted by molar-refractivity contribution is 7.14. The number of likely N-dealkylation sites (N-methyl/N-ethyl adjacent to an activating group) is 1. The highest BCUT2D eigenvalue weighted by Gasteiger charge is 2.34. The van der Waals surface area contributed by atoms with Gasteiger partial charge in [-0.1, -0.05) is 0 Å². The molecule has 0 unspecified atom stereocenters. The molecule has 0 amide bonds. The number of anilines is 1. The smallest absolute Gasteiger partial charge is 0.331 e. The van der Waals surface area contributed by atoms with Crippen LogP contribution in [0, 0.1) is 0 Å². The van der Waals surface area contributed by atoms with E-state index in [-0.39, 0.29) is 5.97 Å². The van der Waals surface area contributed by atoms with E-state index in [4.69, 9.17) is 4.74 Å². The standard InChI is InChI=1S/C11H17NO2S/c1-5-14-10(13)11(2,3)12(4)9-7-6-8-15-9/h6-8H,5H2,1-4H3. The minimum Gasteiger partial charge on any atom is -0.464 e. The molecule has 3 nitrogen and oxygen atoms in total. The van der Waals surface area contributed by atoms with Crippen molar-refractivity contribution in [2.75, 3.05) is 18.6 Å². The number of carbonyl (C=O) groups excluding carboxylic acids is 1. The normalized spacial score (nSPS) is 11.2. The molecular weight excluding hydrogens is 210 g/mol. The molecule has 0 N–H and O–H groups in total. The fourth-order valence-corrected chi connectivity index (χ4v) is 2.02. The molecule has 84 valence electrons. The first kappa shape index (κ1) is 12.0. The van der Waals surface area contributed by atoms with E-state index in [9.17, 15) is 4.79 Å². The molecule has 0 aliphatic carbocycles. The van der Waals surface area contributed by atoms with E-state index in [1.165, 1.54) is 0 Å². The Morgan fingerprint density at radius 1 is 1.60 bits per heavy atom. The lowest BCUT2D eigenvalue weighted by molar-refractivity contribution is -0.148. The zero-order chi connectivity index (χ0) is 11.5. The Kier molecular flexibility index (Phi) is 3.74. The van der Waals surface area contributed by atoms with Crippen LogP contribution >= 0.6 is 11.3 Å². The van der Waals surface area contributed by atoms with Crippen molar-refractivity contribution < 1.29 is 9.53 Å². The average molecular weight is 227 g/mol. The van der Waals surface area contributed by atoms with E-state index in [0.717, 1.165) is 5.00 Å². The van der Waals surface area contributed by atoms with Crippen LogP contribution in [0.15, 0.2) is 17.5 Å². The van der Waals surface area contributed by atoms with Crippen LogP contribution in [0.1, 0.15) is 20.8 Å². The van der Waals surface area contributed by atoms with E-state index in [0.29, 0.717) is 6.61 Å². The molecule has 0 radical (unpaired) electrons. The van der Waals surface area contributed by atoms with Gasteiger partial charge in [0.1, 0.15) is 5.54 Å². The third-order valence-electron chi connectivity index (χ3n) is 2.45. The lowest BCUT2D eigenvalue weighted by atomic mass is 10.0. The molecule has 0 aromatic carbocycles. The fraction of sp³-hybridized carbons (Fsp3) is 0.545. The van der Waals surface area contributed by atoms with Crippen LogP contribution in [-0.2, 0) is 9.53 Å². The molecule has 4 heteroatoms. The Morgan fingerprint density at radius 2 is 2.27 bits per heavy atom. The number of rotatable bonds is 4. The third-order valence-corrected chi connectivity index (χ3v) is 3.39. The van der Waals surface area contributed by atoms with Crippen LogP contribution in [0.4, 0.5) is 5.00 Å². The minimum atomic E-state index is -0.624. The molecule has 0 aliphatic rings. The van der Waals surface area contributed by atoms with E-state index in [1.807, 2.05) is 50.2 Å². The van der Waals surface area contributed by atoms with Gasteiger partial charge >= 0.3 is 5.97 Å². The summed E-state index contributed by atoms with van der Waals surface area (Å²) >= 11 is 1.61. The first-order valence-corrected chi connectivity index (χ1v) is 5.82. The molecule has 0 saturated heterocycles. The van der Waals surface area contributed by atoms with Crippen LogP contribution in [-0.4, -0.2) is 25.2 Å². The summed E-state index contributed by atoms with van der Waals surface area (Å²) in [6.45, 7) is 5.97. The molecule has 0 bridgehead atoms. The number of thiophene rings is 1. The minimum absolute atomic E-state index is 0.194. The third kappa shape index (κ3) is 2.50. The summed E-state index contributed by atoms with van der Waals surface area (Å²) in [6.07, 6.45) is 0. The summed E-state index contributed by atoms with van der Waals surface area (Å²) < 4.78 is 5.05. The van der Waals surface area contributed by atoms with Crippen LogP contribution in [0.5, 0.6) is 0 Å². The fourth-order valence-electron chi connectivity index (χ4n) is 1.18. The topological polar surface area (TPSA) is 29.5 Å². The summed E-state index contributed by atoms with van der Waals surface area (Å²) in [5, 5.41) is 3.06. The van der Waals surface area contributed by atoms with Crippen molar-refractivity contribution in [3.63, 3.8) is 0 Å². The highest BCUT2D eigenvalue weighted by Crippen LogP contribution is 2.27. The summed E-state index contributed by atoms with van der Waals surface area (Å²) in [5.41, 5.74) is -0.624. The van der Waals surface area contributed by atoms with Gasteiger partial charge < -0.3 is 9.64 Å². The maximum Gasteiger partial charge on any atom is 0.331 e. The van der Waals surface area contributed by atoms with Crippen molar-refractivity contribution in [1.29, 1.82) is 0 Å². The van der Waals surface area contributed by atoms with Gasteiger partial charge in [-0.3, -0.25) is 0 Å². The van der Waals surface area contributed by atoms with Crippen LogP contribution in [0.3, 0.4) is 0 Å². The van der Waals surface area contributed by atoms with Gasteiger partial charge in [-0.25, -0.2) is 4.79 Å². The second-order valence-electron chi connectivity index (χ2n) is 3.79. The zero-order valence-corrected chi connectivity index (χ0v) is 10.4. The van der Waals surface area contributed by atoms with Gasteiger partial charge in [-0.2, -0.15) is 0 Å². The molecule has 0 spiro atoms. The maximum atomic E-state index is 11.7. The van der Waals surface area contributed by atoms with E-state index in [1.54, 1.807) is 11.3 Å². The monoisotopic (exact) mass is 227 g/mol. The SMILES string of the molecule is CCOC(=O)C(C)(C)N(C)c1cccs1. The van der Waals surface area contributed by atoms with Crippen molar-refractivity contribution in [2.45, 2.75) is 26.3 Å². The molecule has 0 atom stereocenters. The zero-order valence-electron chi connectivity index (χ0n) is 9.61. The maximum absolute atomic E-state index is 11.7. The number of hydrogen-bond acceptors (Lipinski definition) is 4. The predicted octanol–water partition coefficient (Wildman–Crippen LogP) is 2.53. The molecule has 0 saturated carbocycles. The van der Waals surface area contributed by atoms with Gasteiger partial charge in [0.2, 0.25) is 0 Å². The summed E-state index contributed by atoms with van der Waals surface area (Å²) in [4.78, 5) is 13.7. The number of nitrogens with zero attached hydrogens (tertiary/aromatic N) is 1. The van der Waals surface area contributed by atoms with Gasteiger partial charge in [0.25, 0.3) is 0 Å². The van der Waals surface area contributed by atoms with Crippen LogP contribution in [0.25, 0.3) is 0 Å². The Balaban J connectivity index is 2.81. The molecule has 1 rings (SSSR count). The second kappa shape index (κ2) is 4.66. The van der Waals surface area contributed by atoms with Gasteiger partial charge in [-0.05, 0) is 38.3 Å². The lowest BCUT2D eigenvalue weighted by Gasteiger charge is -2.33. The van der Waals surface area contributed by atoms with Gasteiger partial charge in [0.15, 0.2) is 0 Å². The number of esters is 1. The van der Waals surface area contributed by atoms with Crippen LogP contribution in [0.2, 0.25) is 0 Å². The average Bonchev–Trinajstić information content (AvgIpc) is 2.69. The largest absolute Gasteiger partial charge is 0.464 e.